The first-order valence-electron chi connectivity index (χ1n) is 10.2. The van der Waals surface area contributed by atoms with E-state index in [0.29, 0.717) is 25.9 Å². The zero-order valence-corrected chi connectivity index (χ0v) is 17.0. The molecule has 0 amide bonds. The molecule has 0 aliphatic heterocycles. The number of hydrogen-bond donors (Lipinski definition) is 0. The van der Waals surface area contributed by atoms with Crippen molar-refractivity contribution in [3.63, 3.8) is 0 Å². The average molecular weight is 402 g/mol. The molecule has 4 heteroatoms. The van der Waals surface area contributed by atoms with Gasteiger partial charge in [0.15, 0.2) is 0 Å². The van der Waals surface area contributed by atoms with Gasteiger partial charge in [0.25, 0.3) is 0 Å². The second-order valence-corrected chi connectivity index (χ2v) is 7.23. The van der Waals surface area contributed by atoms with Crippen LogP contribution in [0.3, 0.4) is 0 Å². The normalized spacial score (nSPS) is 11.8. The second kappa shape index (κ2) is 11.7. The lowest BCUT2D eigenvalue weighted by Crippen LogP contribution is -2.41. The Kier molecular flexibility index (Phi) is 8.36. The maximum Gasteiger partial charge on any atom is 0.323 e. The number of carbonyl (C=O) groups is 2. The van der Waals surface area contributed by atoms with Crippen molar-refractivity contribution in [1.82, 2.24) is 4.90 Å². The lowest BCUT2D eigenvalue weighted by Gasteiger charge is -2.30. The van der Waals surface area contributed by atoms with Crippen LogP contribution in [0.2, 0.25) is 0 Å². The van der Waals surface area contributed by atoms with Gasteiger partial charge >= 0.3 is 5.97 Å². The Labute approximate surface area is 178 Å². The zero-order chi connectivity index (χ0) is 21.0. The van der Waals surface area contributed by atoms with Crippen LogP contribution in [0.25, 0.3) is 0 Å². The van der Waals surface area contributed by atoms with Crippen molar-refractivity contribution in [1.29, 1.82) is 0 Å². The molecule has 154 valence electrons. The lowest BCUT2D eigenvalue weighted by atomic mass is 10.1. The van der Waals surface area contributed by atoms with E-state index in [-0.39, 0.29) is 12.6 Å². The summed E-state index contributed by atoms with van der Waals surface area (Å²) in [6, 6.07) is 29.2. The van der Waals surface area contributed by atoms with Gasteiger partial charge in [-0.05, 0) is 23.1 Å². The van der Waals surface area contributed by atoms with Crippen LogP contribution >= 0.6 is 0 Å². The van der Waals surface area contributed by atoms with Crippen LogP contribution in [0.1, 0.15) is 29.5 Å². The highest BCUT2D eigenvalue weighted by Gasteiger charge is 2.27. The monoisotopic (exact) mass is 401 g/mol. The van der Waals surface area contributed by atoms with Gasteiger partial charge in [-0.3, -0.25) is 9.69 Å². The van der Waals surface area contributed by atoms with Crippen molar-refractivity contribution in [3.05, 3.63) is 108 Å². The molecule has 30 heavy (non-hydrogen) atoms. The number of esters is 1. The molecule has 0 spiro atoms. The third kappa shape index (κ3) is 6.68. The molecular formula is C26H27NO3. The SMILES string of the molecule is O=CCCC(C(=O)OCc1ccccc1)N(Cc1ccccc1)Cc1ccccc1. The predicted octanol–water partition coefficient (Wildman–Crippen LogP) is 4.78. The van der Waals surface area contributed by atoms with Crippen LogP contribution in [-0.2, 0) is 34.0 Å². The molecule has 1 atom stereocenters. The number of ether oxygens (including phenoxy) is 1. The van der Waals surface area contributed by atoms with Gasteiger partial charge in [0, 0.05) is 19.5 Å². The molecule has 0 aliphatic rings. The molecule has 4 nitrogen and oxygen atoms in total. The molecule has 0 N–H and O–H groups in total. The van der Waals surface area contributed by atoms with Crippen LogP contribution in [0.4, 0.5) is 0 Å². The van der Waals surface area contributed by atoms with Crippen molar-refractivity contribution < 1.29 is 14.3 Å². The fourth-order valence-corrected chi connectivity index (χ4v) is 3.41. The molecule has 0 saturated carbocycles. The minimum Gasteiger partial charge on any atom is -0.460 e. The van der Waals surface area contributed by atoms with Gasteiger partial charge in [0.05, 0.1) is 0 Å². The van der Waals surface area contributed by atoms with E-state index in [2.05, 4.69) is 4.90 Å². The summed E-state index contributed by atoms with van der Waals surface area (Å²) in [5.41, 5.74) is 3.17. The Balaban J connectivity index is 1.79. The number of aldehydes is 1. The van der Waals surface area contributed by atoms with Gasteiger partial charge < -0.3 is 9.53 Å². The van der Waals surface area contributed by atoms with E-state index in [1.54, 1.807) is 0 Å². The quantitative estimate of drug-likeness (QED) is 0.343. The molecule has 0 radical (unpaired) electrons. The third-order valence-electron chi connectivity index (χ3n) is 4.95. The molecule has 3 aromatic rings. The topological polar surface area (TPSA) is 46.6 Å². The highest BCUT2D eigenvalue weighted by atomic mass is 16.5. The fraction of sp³-hybridized carbons (Fsp3) is 0.231. The first kappa shape index (κ1) is 21.5. The Hall–Kier alpha value is -3.24. The minimum absolute atomic E-state index is 0.224. The van der Waals surface area contributed by atoms with Crippen molar-refractivity contribution in [2.24, 2.45) is 0 Å². The van der Waals surface area contributed by atoms with Gasteiger partial charge in [-0.2, -0.15) is 0 Å². The van der Waals surface area contributed by atoms with Crippen molar-refractivity contribution >= 4 is 12.3 Å². The highest BCUT2D eigenvalue weighted by Crippen LogP contribution is 2.18. The van der Waals surface area contributed by atoms with E-state index in [0.717, 1.165) is 23.0 Å². The third-order valence-corrected chi connectivity index (χ3v) is 4.95. The summed E-state index contributed by atoms with van der Waals surface area (Å²) in [5, 5.41) is 0. The molecule has 0 bridgehead atoms. The van der Waals surface area contributed by atoms with Crippen LogP contribution < -0.4 is 0 Å². The summed E-state index contributed by atoms with van der Waals surface area (Å²) in [4.78, 5) is 26.2. The maximum atomic E-state index is 13.1. The van der Waals surface area contributed by atoms with E-state index in [1.807, 2.05) is 91.0 Å². The number of nitrogens with zero attached hydrogens (tertiary/aromatic N) is 1. The summed E-state index contributed by atoms with van der Waals surface area (Å²) in [7, 11) is 0. The van der Waals surface area contributed by atoms with E-state index < -0.39 is 6.04 Å². The summed E-state index contributed by atoms with van der Waals surface area (Å²) in [6.45, 7) is 1.42. The Morgan fingerprint density at radius 1 is 0.767 bits per heavy atom. The molecule has 3 rings (SSSR count). The van der Waals surface area contributed by atoms with E-state index in [9.17, 15) is 9.59 Å². The number of carbonyl (C=O) groups excluding carboxylic acids is 2. The van der Waals surface area contributed by atoms with E-state index in [1.165, 1.54) is 0 Å². The van der Waals surface area contributed by atoms with Crippen molar-refractivity contribution in [2.75, 3.05) is 0 Å². The van der Waals surface area contributed by atoms with E-state index >= 15 is 0 Å². The molecule has 0 saturated heterocycles. The number of benzene rings is 3. The lowest BCUT2D eigenvalue weighted by molar-refractivity contribution is -0.152. The first-order chi connectivity index (χ1) is 14.8. The Bertz CT molecular complexity index is 856. The molecular weight excluding hydrogens is 374 g/mol. The summed E-state index contributed by atoms with van der Waals surface area (Å²) in [5.74, 6) is -0.299. The summed E-state index contributed by atoms with van der Waals surface area (Å²) < 4.78 is 5.65. The van der Waals surface area contributed by atoms with Crippen LogP contribution in [-0.4, -0.2) is 23.2 Å². The van der Waals surface area contributed by atoms with Crippen molar-refractivity contribution in [2.45, 2.75) is 38.6 Å². The molecule has 0 aliphatic carbocycles. The molecule has 0 aromatic heterocycles. The molecule has 1 unspecified atom stereocenters. The molecule has 3 aromatic carbocycles. The highest BCUT2D eigenvalue weighted by molar-refractivity contribution is 5.76. The Morgan fingerprint density at radius 2 is 1.23 bits per heavy atom. The largest absolute Gasteiger partial charge is 0.460 e. The molecule has 0 heterocycles. The number of hydrogen-bond acceptors (Lipinski definition) is 4. The Morgan fingerprint density at radius 3 is 1.70 bits per heavy atom. The zero-order valence-electron chi connectivity index (χ0n) is 17.0. The first-order valence-corrected chi connectivity index (χ1v) is 10.2. The van der Waals surface area contributed by atoms with Gasteiger partial charge in [-0.1, -0.05) is 91.0 Å². The van der Waals surface area contributed by atoms with Gasteiger partial charge in [-0.15, -0.1) is 0 Å². The smallest absolute Gasteiger partial charge is 0.323 e. The van der Waals surface area contributed by atoms with E-state index in [4.69, 9.17) is 4.74 Å². The summed E-state index contributed by atoms with van der Waals surface area (Å²) >= 11 is 0. The van der Waals surface area contributed by atoms with Crippen LogP contribution in [0, 0.1) is 0 Å². The van der Waals surface area contributed by atoms with Gasteiger partial charge in [0.2, 0.25) is 0 Å². The van der Waals surface area contributed by atoms with Gasteiger partial charge in [-0.25, -0.2) is 0 Å². The van der Waals surface area contributed by atoms with Gasteiger partial charge in [0.1, 0.15) is 18.9 Å². The standard InChI is InChI=1S/C26H27NO3/c28-18-10-17-25(26(29)30-21-24-15-8-3-9-16-24)27(19-22-11-4-1-5-12-22)20-23-13-6-2-7-14-23/h1-9,11-16,18,25H,10,17,19-21H2. The number of rotatable bonds is 11. The minimum atomic E-state index is -0.501. The summed E-state index contributed by atoms with van der Waals surface area (Å²) in [6.07, 6.45) is 1.60. The van der Waals surface area contributed by atoms with Crippen LogP contribution in [0.5, 0.6) is 0 Å². The predicted molar refractivity (Wildman–Crippen MR) is 117 cm³/mol. The average Bonchev–Trinajstić information content (AvgIpc) is 2.80. The fourth-order valence-electron chi connectivity index (χ4n) is 3.41. The van der Waals surface area contributed by atoms with Crippen molar-refractivity contribution in [3.8, 4) is 0 Å². The van der Waals surface area contributed by atoms with Crippen LogP contribution in [0.15, 0.2) is 91.0 Å². The maximum absolute atomic E-state index is 13.1. The molecule has 0 fully saturated rings. The second-order valence-electron chi connectivity index (χ2n) is 7.23.